The first-order valence-corrected chi connectivity index (χ1v) is 11.1. The first-order valence-electron chi connectivity index (χ1n) is 10.2. The molecular formula is C23H27ClN2O2S. The quantitative estimate of drug-likeness (QED) is 0.605. The van der Waals surface area contributed by atoms with E-state index in [0.29, 0.717) is 18.0 Å². The first-order chi connectivity index (χ1) is 13.7. The van der Waals surface area contributed by atoms with Crippen LogP contribution in [0, 0.1) is 5.41 Å². The zero-order valence-electron chi connectivity index (χ0n) is 16.6. The van der Waals surface area contributed by atoms with Gasteiger partial charge in [0.2, 0.25) is 5.91 Å². The van der Waals surface area contributed by atoms with Crippen molar-refractivity contribution >= 4 is 40.6 Å². The average molecular weight is 431 g/mol. The van der Waals surface area contributed by atoms with Crippen molar-refractivity contribution in [2.75, 3.05) is 13.1 Å². The van der Waals surface area contributed by atoms with Crippen LogP contribution in [0.2, 0.25) is 0 Å². The zero-order chi connectivity index (χ0) is 19.1. The molecule has 2 fully saturated rings. The van der Waals surface area contributed by atoms with Gasteiger partial charge in [-0.05, 0) is 79.2 Å². The predicted molar refractivity (Wildman–Crippen MR) is 120 cm³/mol. The number of nitrogens with one attached hydrogen (secondary N) is 1. The van der Waals surface area contributed by atoms with Crippen molar-refractivity contribution in [3.05, 3.63) is 58.5 Å². The smallest absolute Gasteiger partial charge is 0.233 e. The van der Waals surface area contributed by atoms with Crippen LogP contribution in [0.25, 0.3) is 11.0 Å². The highest BCUT2D eigenvalue weighted by Crippen LogP contribution is 2.56. The van der Waals surface area contributed by atoms with Gasteiger partial charge in [-0.2, -0.15) is 11.3 Å². The van der Waals surface area contributed by atoms with E-state index in [1.165, 1.54) is 18.4 Å². The summed E-state index contributed by atoms with van der Waals surface area (Å²) < 4.78 is 6.02. The second kappa shape index (κ2) is 8.13. The molecule has 2 atom stereocenters. The van der Waals surface area contributed by atoms with Crippen molar-refractivity contribution in [2.24, 2.45) is 5.41 Å². The number of carbonyl (C=O) groups excluding carboxylic acids is 1. The SMILES string of the molecule is CC(C(=O)N(Cc1ccsc1)C1CC12CCNCC2)c1cc2ccccc2o1.Cl. The number of halogens is 1. The lowest BCUT2D eigenvalue weighted by Gasteiger charge is -2.31. The maximum Gasteiger partial charge on any atom is 0.233 e. The van der Waals surface area contributed by atoms with E-state index in [1.54, 1.807) is 11.3 Å². The summed E-state index contributed by atoms with van der Waals surface area (Å²) in [7, 11) is 0. The summed E-state index contributed by atoms with van der Waals surface area (Å²) in [6.45, 7) is 4.82. The normalized spacial score (nSPS) is 20.9. The van der Waals surface area contributed by atoms with Crippen molar-refractivity contribution in [1.82, 2.24) is 10.2 Å². The Morgan fingerprint density at radius 2 is 2.10 bits per heavy atom. The van der Waals surface area contributed by atoms with Crippen LogP contribution in [-0.2, 0) is 11.3 Å². The lowest BCUT2D eigenvalue weighted by Crippen LogP contribution is -2.40. The van der Waals surface area contributed by atoms with Crippen LogP contribution in [0.3, 0.4) is 0 Å². The topological polar surface area (TPSA) is 45.5 Å². The molecule has 154 valence electrons. The molecule has 2 unspecified atom stereocenters. The number of piperidine rings is 1. The van der Waals surface area contributed by atoms with Gasteiger partial charge in [-0.3, -0.25) is 4.79 Å². The highest BCUT2D eigenvalue weighted by Gasteiger charge is 2.58. The van der Waals surface area contributed by atoms with Gasteiger partial charge < -0.3 is 14.6 Å². The molecule has 1 saturated heterocycles. The summed E-state index contributed by atoms with van der Waals surface area (Å²) in [5.74, 6) is 0.678. The molecule has 1 spiro atoms. The third-order valence-electron chi connectivity index (χ3n) is 6.58. The van der Waals surface area contributed by atoms with E-state index < -0.39 is 0 Å². The van der Waals surface area contributed by atoms with E-state index >= 15 is 0 Å². The largest absolute Gasteiger partial charge is 0.460 e. The van der Waals surface area contributed by atoms with Crippen LogP contribution in [0.15, 0.2) is 51.6 Å². The lowest BCUT2D eigenvalue weighted by molar-refractivity contribution is -0.134. The fraction of sp³-hybridized carbons (Fsp3) is 0.435. The number of para-hydroxylation sites is 1. The molecule has 4 nitrogen and oxygen atoms in total. The molecule has 0 bridgehead atoms. The Bertz CT molecular complexity index is 945. The molecule has 1 N–H and O–H groups in total. The van der Waals surface area contributed by atoms with Gasteiger partial charge in [0.1, 0.15) is 11.3 Å². The van der Waals surface area contributed by atoms with Crippen molar-refractivity contribution < 1.29 is 9.21 Å². The van der Waals surface area contributed by atoms with Gasteiger partial charge in [0, 0.05) is 18.0 Å². The van der Waals surface area contributed by atoms with Crippen molar-refractivity contribution in [3.8, 4) is 0 Å². The molecule has 1 saturated carbocycles. The highest BCUT2D eigenvalue weighted by molar-refractivity contribution is 7.07. The summed E-state index contributed by atoms with van der Waals surface area (Å²) in [4.78, 5) is 15.8. The number of fused-ring (bicyclic) bond motifs is 1. The molecule has 0 radical (unpaired) electrons. The number of hydrogen-bond donors (Lipinski definition) is 1. The van der Waals surface area contributed by atoms with E-state index in [4.69, 9.17) is 4.42 Å². The number of amides is 1. The fourth-order valence-corrected chi connectivity index (χ4v) is 5.40. The minimum atomic E-state index is -0.273. The Morgan fingerprint density at radius 1 is 1.31 bits per heavy atom. The van der Waals surface area contributed by atoms with E-state index in [0.717, 1.165) is 36.2 Å². The summed E-state index contributed by atoms with van der Waals surface area (Å²) in [5, 5.41) is 8.77. The van der Waals surface area contributed by atoms with E-state index in [1.807, 2.05) is 37.3 Å². The molecule has 3 aromatic rings. The highest BCUT2D eigenvalue weighted by atomic mass is 35.5. The van der Waals surface area contributed by atoms with Crippen LogP contribution < -0.4 is 5.32 Å². The standard InChI is InChI=1S/C23H26N2O2S.ClH/c1-16(20-12-18-4-2-3-5-19(18)27-20)22(26)25(14-17-6-11-28-15-17)21-13-23(21)7-9-24-10-8-23;/h2-6,11-12,15-16,21,24H,7-10,13-14H2,1H3;1H. The Balaban J connectivity index is 0.00000205. The first kappa shape index (κ1) is 20.5. The van der Waals surface area contributed by atoms with Gasteiger partial charge in [0.05, 0.1) is 5.92 Å². The van der Waals surface area contributed by atoms with Crippen molar-refractivity contribution in [2.45, 2.75) is 44.7 Å². The molecule has 5 rings (SSSR count). The van der Waals surface area contributed by atoms with Crippen LogP contribution in [0.5, 0.6) is 0 Å². The summed E-state index contributed by atoms with van der Waals surface area (Å²) >= 11 is 1.69. The Morgan fingerprint density at radius 3 is 2.83 bits per heavy atom. The van der Waals surface area contributed by atoms with Gasteiger partial charge in [-0.15, -0.1) is 12.4 Å². The van der Waals surface area contributed by atoms with E-state index in [2.05, 4.69) is 27.0 Å². The van der Waals surface area contributed by atoms with Crippen LogP contribution >= 0.6 is 23.7 Å². The lowest BCUT2D eigenvalue weighted by atomic mass is 9.93. The van der Waals surface area contributed by atoms with E-state index in [-0.39, 0.29) is 24.2 Å². The molecule has 1 aliphatic carbocycles. The van der Waals surface area contributed by atoms with Gasteiger partial charge in [-0.1, -0.05) is 18.2 Å². The third-order valence-corrected chi connectivity index (χ3v) is 7.31. The molecule has 29 heavy (non-hydrogen) atoms. The molecule has 1 aliphatic heterocycles. The fourth-order valence-electron chi connectivity index (χ4n) is 4.74. The molecule has 1 aromatic carbocycles. The minimum Gasteiger partial charge on any atom is -0.460 e. The van der Waals surface area contributed by atoms with Gasteiger partial charge in [0.25, 0.3) is 0 Å². The molecule has 6 heteroatoms. The molecule has 2 aromatic heterocycles. The maximum absolute atomic E-state index is 13.6. The number of furan rings is 1. The molecule has 3 heterocycles. The van der Waals surface area contributed by atoms with Gasteiger partial charge >= 0.3 is 0 Å². The predicted octanol–water partition coefficient (Wildman–Crippen LogP) is 5.19. The van der Waals surface area contributed by atoms with Crippen LogP contribution in [0.4, 0.5) is 0 Å². The number of benzene rings is 1. The number of thiophene rings is 1. The second-order valence-corrected chi connectivity index (χ2v) is 9.12. The zero-order valence-corrected chi connectivity index (χ0v) is 18.2. The summed E-state index contributed by atoms with van der Waals surface area (Å²) in [6, 6.07) is 12.5. The van der Waals surface area contributed by atoms with Crippen LogP contribution in [-0.4, -0.2) is 29.9 Å². The van der Waals surface area contributed by atoms with Gasteiger partial charge in [0.15, 0.2) is 0 Å². The third kappa shape index (κ3) is 3.83. The monoisotopic (exact) mass is 430 g/mol. The molecule has 2 aliphatic rings. The Labute approximate surface area is 181 Å². The average Bonchev–Trinajstić information content (AvgIpc) is 3.11. The molecule has 1 amide bonds. The minimum absolute atomic E-state index is 0. The summed E-state index contributed by atoms with van der Waals surface area (Å²) in [6.07, 6.45) is 3.48. The number of carbonyl (C=O) groups is 1. The van der Waals surface area contributed by atoms with E-state index in [9.17, 15) is 4.79 Å². The number of hydrogen-bond acceptors (Lipinski definition) is 4. The second-order valence-electron chi connectivity index (χ2n) is 8.34. The van der Waals surface area contributed by atoms with Crippen LogP contribution in [0.1, 0.15) is 43.4 Å². The maximum atomic E-state index is 13.6. The van der Waals surface area contributed by atoms with Crippen molar-refractivity contribution in [3.63, 3.8) is 0 Å². The Kier molecular flexibility index (Phi) is 5.74. The van der Waals surface area contributed by atoms with Crippen molar-refractivity contribution in [1.29, 1.82) is 0 Å². The number of nitrogens with zero attached hydrogens (tertiary/aromatic N) is 1. The van der Waals surface area contributed by atoms with Gasteiger partial charge in [-0.25, -0.2) is 0 Å². The Hall–Kier alpha value is -1.82. The molecular weight excluding hydrogens is 404 g/mol. The summed E-state index contributed by atoms with van der Waals surface area (Å²) in [5.41, 5.74) is 2.40. The number of rotatable bonds is 5.